The van der Waals surface area contributed by atoms with Crippen LogP contribution in [0.3, 0.4) is 0 Å². The number of hydrogen-bond acceptors (Lipinski definition) is 4. The van der Waals surface area contributed by atoms with Crippen LogP contribution in [0.4, 0.5) is 5.88 Å². The van der Waals surface area contributed by atoms with Crippen LogP contribution in [0.25, 0.3) is 0 Å². The topological polar surface area (TPSA) is 65.7 Å². The van der Waals surface area contributed by atoms with Crippen molar-refractivity contribution in [1.29, 1.82) is 0 Å². The second-order valence-corrected chi connectivity index (χ2v) is 3.44. The molecular formula is C10H16N2O3. The van der Waals surface area contributed by atoms with Gasteiger partial charge in [-0.05, 0) is 20.0 Å². The van der Waals surface area contributed by atoms with E-state index in [1.54, 1.807) is 19.0 Å². The van der Waals surface area contributed by atoms with Crippen molar-refractivity contribution < 1.29 is 14.3 Å². The summed E-state index contributed by atoms with van der Waals surface area (Å²) in [6, 6.07) is 3.07. The maximum absolute atomic E-state index is 10.8. The van der Waals surface area contributed by atoms with Crippen molar-refractivity contribution in [3.63, 3.8) is 0 Å². The molecule has 84 valence electrons. The third kappa shape index (κ3) is 2.99. The number of carboxylic acid groups (broad SMARTS) is 1. The van der Waals surface area contributed by atoms with Gasteiger partial charge in [0, 0.05) is 19.7 Å². The zero-order valence-corrected chi connectivity index (χ0v) is 9.15. The lowest BCUT2D eigenvalue weighted by molar-refractivity contribution is -0.139. The molecule has 0 aliphatic heterocycles. The summed E-state index contributed by atoms with van der Waals surface area (Å²) >= 11 is 0. The maximum atomic E-state index is 10.8. The molecule has 0 bridgehead atoms. The largest absolute Gasteiger partial charge is 0.480 e. The Kier molecular flexibility index (Phi) is 3.74. The molecule has 1 heterocycles. The number of carboxylic acids is 1. The van der Waals surface area contributed by atoms with Crippen molar-refractivity contribution >= 4 is 11.9 Å². The molecule has 15 heavy (non-hydrogen) atoms. The van der Waals surface area contributed by atoms with Crippen molar-refractivity contribution in [1.82, 2.24) is 5.32 Å². The predicted molar refractivity (Wildman–Crippen MR) is 57.2 cm³/mol. The molecule has 1 atom stereocenters. The molecule has 1 aromatic heterocycles. The molecule has 0 saturated heterocycles. The van der Waals surface area contributed by atoms with E-state index in [9.17, 15) is 4.79 Å². The average Bonchev–Trinajstić information content (AvgIpc) is 2.60. The standard InChI is InChI=1S/C10H16N2O3/c1-7-4-5-9(15-7)12(3)6-8(11-2)10(13)14/h4-5,8,11H,6H2,1-3H3,(H,13,14). The van der Waals surface area contributed by atoms with Gasteiger partial charge in [0.05, 0.1) is 0 Å². The number of nitrogens with zero attached hydrogens (tertiary/aromatic N) is 1. The van der Waals surface area contributed by atoms with Gasteiger partial charge < -0.3 is 19.7 Å². The number of carbonyl (C=O) groups is 1. The van der Waals surface area contributed by atoms with Gasteiger partial charge in [0.15, 0.2) is 5.88 Å². The Morgan fingerprint density at radius 3 is 2.73 bits per heavy atom. The second-order valence-electron chi connectivity index (χ2n) is 3.44. The van der Waals surface area contributed by atoms with Gasteiger partial charge in [0.2, 0.25) is 0 Å². The van der Waals surface area contributed by atoms with E-state index in [1.165, 1.54) is 0 Å². The first kappa shape index (κ1) is 11.6. The van der Waals surface area contributed by atoms with E-state index in [4.69, 9.17) is 9.52 Å². The average molecular weight is 212 g/mol. The van der Waals surface area contributed by atoms with Gasteiger partial charge >= 0.3 is 5.97 Å². The zero-order chi connectivity index (χ0) is 11.4. The second kappa shape index (κ2) is 4.84. The minimum absolute atomic E-state index is 0.360. The lowest BCUT2D eigenvalue weighted by atomic mass is 10.3. The van der Waals surface area contributed by atoms with Crippen LogP contribution in [0.15, 0.2) is 16.5 Å². The van der Waals surface area contributed by atoms with Crippen molar-refractivity contribution in [2.75, 3.05) is 25.5 Å². The van der Waals surface area contributed by atoms with E-state index >= 15 is 0 Å². The fourth-order valence-electron chi connectivity index (χ4n) is 1.28. The first-order valence-corrected chi connectivity index (χ1v) is 4.72. The van der Waals surface area contributed by atoms with Crippen LogP contribution in [0.5, 0.6) is 0 Å². The number of aryl methyl sites for hydroxylation is 1. The lowest BCUT2D eigenvalue weighted by Crippen LogP contribution is -2.43. The van der Waals surface area contributed by atoms with Crippen LogP contribution in [0.1, 0.15) is 5.76 Å². The van der Waals surface area contributed by atoms with Crippen molar-refractivity contribution in [2.24, 2.45) is 0 Å². The van der Waals surface area contributed by atoms with Crippen LogP contribution in [0, 0.1) is 6.92 Å². The third-order valence-electron chi connectivity index (χ3n) is 2.21. The number of furan rings is 1. The Balaban J connectivity index is 2.62. The molecule has 0 amide bonds. The molecule has 0 aromatic carbocycles. The fraction of sp³-hybridized carbons (Fsp3) is 0.500. The molecule has 0 aliphatic carbocycles. The van der Waals surface area contributed by atoms with Crippen molar-refractivity contribution in [2.45, 2.75) is 13.0 Å². The molecule has 0 fully saturated rings. The number of likely N-dealkylation sites (N-methyl/N-ethyl adjacent to an activating group) is 2. The molecule has 5 nitrogen and oxygen atoms in total. The number of rotatable bonds is 5. The van der Waals surface area contributed by atoms with Crippen molar-refractivity contribution in [3.05, 3.63) is 17.9 Å². The SMILES string of the molecule is CNC(CN(C)c1ccc(C)o1)C(=O)O. The van der Waals surface area contributed by atoms with E-state index in [1.807, 2.05) is 19.1 Å². The summed E-state index contributed by atoms with van der Waals surface area (Å²) < 4.78 is 5.38. The molecule has 5 heteroatoms. The normalized spacial score (nSPS) is 12.5. The summed E-state index contributed by atoms with van der Waals surface area (Å²) in [6.07, 6.45) is 0. The van der Waals surface area contributed by atoms with Crippen LogP contribution in [-0.2, 0) is 4.79 Å². The lowest BCUT2D eigenvalue weighted by Gasteiger charge is -2.20. The minimum atomic E-state index is -0.868. The van der Waals surface area contributed by atoms with E-state index in [0.29, 0.717) is 12.4 Å². The molecule has 0 spiro atoms. The van der Waals surface area contributed by atoms with E-state index in [0.717, 1.165) is 5.76 Å². The van der Waals surface area contributed by atoms with Gasteiger partial charge in [-0.25, -0.2) is 0 Å². The first-order chi connectivity index (χ1) is 7.04. The molecule has 1 unspecified atom stereocenters. The quantitative estimate of drug-likeness (QED) is 0.752. The molecule has 1 rings (SSSR count). The fourth-order valence-corrected chi connectivity index (χ4v) is 1.28. The van der Waals surface area contributed by atoms with Gasteiger partial charge in [0.25, 0.3) is 0 Å². The van der Waals surface area contributed by atoms with Crippen LogP contribution in [-0.4, -0.2) is 37.8 Å². The summed E-state index contributed by atoms with van der Waals surface area (Å²) in [5.74, 6) is 0.620. The number of hydrogen-bond donors (Lipinski definition) is 2. The summed E-state index contributed by atoms with van der Waals surface area (Å²) in [5, 5.41) is 11.6. The first-order valence-electron chi connectivity index (χ1n) is 4.72. The predicted octanol–water partition coefficient (Wildman–Crippen LogP) is 0.697. The Labute approximate surface area is 88.7 Å². The number of nitrogens with one attached hydrogen (secondary N) is 1. The van der Waals surface area contributed by atoms with Crippen LogP contribution < -0.4 is 10.2 Å². The summed E-state index contributed by atoms with van der Waals surface area (Å²) in [5.41, 5.74) is 0. The Morgan fingerprint density at radius 2 is 2.33 bits per heavy atom. The smallest absolute Gasteiger partial charge is 0.322 e. The highest BCUT2D eigenvalue weighted by Crippen LogP contribution is 2.16. The zero-order valence-electron chi connectivity index (χ0n) is 9.15. The monoisotopic (exact) mass is 212 g/mol. The Hall–Kier alpha value is -1.49. The van der Waals surface area contributed by atoms with Crippen LogP contribution >= 0.6 is 0 Å². The van der Waals surface area contributed by atoms with Crippen LogP contribution in [0.2, 0.25) is 0 Å². The molecular weight excluding hydrogens is 196 g/mol. The number of anilines is 1. The van der Waals surface area contributed by atoms with Gasteiger partial charge in [-0.3, -0.25) is 4.79 Å². The Morgan fingerprint density at radius 1 is 1.67 bits per heavy atom. The van der Waals surface area contributed by atoms with Gasteiger partial charge in [-0.15, -0.1) is 0 Å². The summed E-state index contributed by atoms with van der Waals surface area (Å²) in [7, 11) is 3.42. The number of aliphatic carboxylic acids is 1. The van der Waals surface area contributed by atoms with Gasteiger partial charge in [-0.1, -0.05) is 0 Å². The highest BCUT2D eigenvalue weighted by molar-refractivity contribution is 5.74. The highest BCUT2D eigenvalue weighted by Gasteiger charge is 2.18. The molecule has 0 saturated carbocycles. The molecule has 2 N–H and O–H groups in total. The summed E-state index contributed by atoms with van der Waals surface area (Å²) in [6.45, 7) is 2.21. The molecule has 0 aliphatic rings. The third-order valence-corrected chi connectivity index (χ3v) is 2.21. The molecule has 0 radical (unpaired) electrons. The molecule has 1 aromatic rings. The van der Waals surface area contributed by atoms with E-state index < -0.39 is 12.0 Å². The van der Waals surface area contributed by atoms with Gasteiger partial charge in [-0.2, -0.15) is 0 Å². The maximum Gasteiger partial charge on any atom is 0.322 e. The minimum Gasteiger partial charge on any atom is -0.480 e. The summed E-state index contributed by atoms with van der Waals surface area (Å²) in [4.78, 5) is 12.5. The van der Waals surface area contributed by atoms with E-state index in [-0.39, 0.29) is 0 Å². The Bertz CT molecular complexity index is 335. The highest BCUT2D eigenvalue weighted by atomic mass is 16.4. The van der Waals surface area contributed by atoms with E-state index in [2.05, 4.69) is 5.32 Å². The van der Waals surface area contributed by atoms with Crippen molar-refractivity contribution in [3.8, 4) is 0 Å². The van der Waals surface area contributed by atoms with Gasteiger partial charge in [0.1, 0.15) is 11.8 Å².